The van der Waals surface area contributed by atoms with Gasteiger partial charge in [0.25, 0.3) is 0 Å². The Morgan fingerprint density at radius 2 is 1.55 bits per heavy atom. The number of halogens is 1. The Balaban J connectivity index is 3.13. The molecule has 0 bridgehead atoms. The van der Waals surface area contributed by atoms with Crippen LogP contribution in [0.25, 0.3) is 0 Å². The van der Waals surface area contributed by atoms with Crippen LogP contribution in [0.2, 0.25) is 0 Å². The van der Waals surface area contributed by atoms with Crippen molar-refractivity contribution in [1.82, 2.24) is 5.48 Å². The molecule has 5 nitrogen and oxygen atoms in total. The minimum atomic E-state index is -3.66. The van der Waals surface area contributed by atoms with Crippen molar-refractivity contribution < 1.29 is 23.2 Å². The normalized spacial score (nSPS) is 14.0. The van der Waals surface area contributed by atoms with Gasteiger partial charge in [0, 0.05) is 0 Å². The molecule has 0 aliphatic heterocycles. The summed E-state index contributed by atoms with van der Waals surface area (Å²) in [6.07, 6.45) is -0.702. The van der Waals surface area contributed by atoms with Crippen molar-refractivity contribution in [2.24, 2.45) is 0 Å². The maximum absolute atomic E-state index is 13.0. The van der Waals surface area contributed by atoms with Gasteiger partial charge in [-0.3, -0.25) is 4.57 Å². The highest BCUT2D eigenvalue weighted by Crippen LogP contribution is 2.60. The number of nitrogens with one attached hydrogen (secondary N) is 1. The van der Waals surface area contributed by atoms with Gasteiger partial charge in [-0.2, -0.15) is 5.48 Å². The average molecular weight is 305 g/mol. The van der Waals surface area contributed by atoms with E-state index in [0.29, 0.717) is 5.56 Å². The van der Waals surface area contributed by atoms with Gasteiger partial charge in [-0.05, 0) is 45.4 Å². The molecule has 0 heterocycles. The fraction of sp³-hybridized carbons (Fsp3) is 0.538. The minimum absolute atomic E-state index is 0.351. The molecule has 1 rings (SSSR count). The average Bonchev–Trinajstić information content (AvgIpc) is 2.30. The molecule has 0 fully saturated rings. The predicted molar refractivity (Wildman–Crippen MR) is 74.1 cm³/mol. The topological polar surface area (TPSA) is 67.8 Å². The van der Waals surface area contributed by atoms with Crippen molar-refractivity contribution in [1.29, 1.82) is 0 Å². The number of hydroxylamine groups is 1. The molecule has 1 aromatic carbocycles. The minimum Gasteiger partial charge on any atom is -0.316 e. The Labute approximate surface area is 118 Å². The highest BCUT2D eigenvalue weighted by atomic mass is 31.2. The van der Waals surface area contributed by atoms with Gasteiger partial charge in [0.1, 0.15) is 5.82 Å². The van der Waals surface area contributed by atoms with Gasteiger partial charge in [0.15, 0.2) is 5.78 Å². The van der Waals surface area contributed by atoms with Crippen molar-refractivity contribution in [2.75, 3.05) is 0 Å². The fourth-order valence-corrected chi connectivity index (χ4v) is 3.85. The first-order chi connectivity index (χ1) is 9.28. The van der Waals surface area contributed by atoms with Gasteiger partial charge in [-0.1, -0.05) is 12.1 Å². The van der Waals surface area contributed by atoms with Gasteiger partial charge in [-0.25, -0.2) is 4.39 Å². The molecule has 0 spiro atoms. The molecule has 7 heteroatoms. The largest absolute Gasteiger partial charge is 0.354 e. The fourth-order valence-electron chi connectivity index (χ4n) is 1.71. The molecule has 0 aliphatic carbocycles. The summed E-state index contributed by atoms with van der Waals surface area (Å²) in [5, 5.41) is 9.33. The molecule has 1 unspecified atom stereocenters. The summed E-state index contributed by atoms with van der Waals surface area (Å²) in [7, 11) is -3.66. The van der Waals surface area contributed by atoms with Crippen LogP contribution >= 0.6 is 7.60 Å². The monoisotopic (exact) mass is 305 g/mol. The molecule has 2 N–H and O–H groups in total. The third-order valence-corrected chi connectivity index (χ3v) is 4.82. The van der Waals surface area contributed by atoms with Crippen molar-refractivity contribution in [3.05, 3.63) is 35.6 Å². The van der Waals surface area contributed by atoms with E-state index in [1.54, 1.807) is 27.7 Å². The van der Waals surface area contributed by atoms with E-state index in [9.17, 15) is 14.2 Å². The van der Waals surface area contributed by atoms with Crippen LogP contribution in [0.5, 0.6) is 0 Å². The summed E-state index contributed by atoms with van der Waals surface area (Å²) in [6.45, 7) is 6.87. The Morgan fingerprint density at radius 1 is 1.10 bits per heavy atom. The van der Waals surface area contributed by atoms with Crippen LogP contribution in [0, 0.1) is 5.82 Å². The summed E-state index contributed by atoms with van der Waals surface area (Å²) in [4.78, 5) is 0. The number of hydrogen-bond acceptors (Lipinski definition) is 5. The molecule has 1 atom stereocenters. The number of rotatable bonds is 7. The zero-order chi connectivity index (χ0) is 15.3. The second-order valence-corrected chi connectivity index (χ2v) is 6.95. The van der Waals surface area contributed by atoms with Crippen LogP contribution in [0.1, 0.15) is 39.0 Å². The zero-order valence-corrected chi connectivity index (χ0v) is 12.9. The van der Waals surface area contributed by atoms with Gasteiger partial charge in [0.2, 0.25) is 0 Å². The van der Waals surface area contributed by atoms with Gasteiger partial charge < -0.3 is 14.3 Å². The molecule has 114 valence electrons. The zero-order valence-electron chi connectivity index (χ0n) is 12.0. The number of hydrogen-bond donors (Lipinski definition) is 2. The lowest BCUT2D eigenvalue weighted by atomic mass is 10.2. The van der Waals surface area contributed by atoms with E-state index >= 15 is 0 Å². The van der Waals surface area contributed by atoms with Crippen LogP contribution in [0.3, 0.4) is 0 Å². The molecule has 0 amide bonds. The molecule has 0 aromatic heterocycles. The summed E-state index contributed by atoms with van der Waals surface area (Å²) in [6, 6.07) is 5.27. The van der Waals surface area contributed by atoms with E-state index in [1.165, 1.54) is 24.3 Å². The Morgan fingerprint density at radius 3 is 1.90 bits per heavy atom. The van der Waals surface area contributed by atoms with E-state index in [4.69, 9.17) is 9.05 Å². The number of benzene rings is 1. The van der Waals surface area contributed by atoms with Crippen LogP contribution in [0.4, 0.5) is 4.39 Å². The van der Waals surface area contributed by atoms with Crippen molar-refractivity contribution in [3.63, 3.8) is 0 Å². The van der Waals surface area contributed by atoms with Crippen LogP contribution in [-0.4, -0.2) is 17.4 Å². The summed E-state index contributed by atoms with van der Waals surface area (Å²) >= 11 is 0. The van der Waals surface area contributed by atoms with Gasteiger partial charge in [0.05, 0.1) is 12.2 Å². The SMILES string of the molecule is CC(C)OP(=O)(OC(C)C)C(NO)c1ccc(F)cc1. The van der Waals surface area contributed by atoms with Gasteiger partial charge >= 0.3 is 7.60 Å². The molecule has 1 aromatic rings. The molecular weight excluding hydrogens is 284 g/mol. The molecule has 0 aliphatic rings. The summed E-state index contributed by atoms with van der Waals surface area (Å²) in [5.74, 6) is -1.50. The van der Waals surface area contributed by atoms with Crippen LogP contribution in [-0.2, 0) is 13.6 Å². The second kappa shape index (κ2) is 7.29. The second-order valence-electron chi connectivity index (χ2n) is 4.93. The third-order valence-electron chi connectivity index (χ3n) is 2.34. The molecule has 20 heavy (non-hydrogen) atoms. The molecule has 0 saturated heterocycles. The van der Waals surface area contributed by atoms with E-state index in [-0.39, 0.29) is 12.2 Å². The third kappa shape index (κ3) is 4.65. The summed E-state index contributed by atoms with van der Waals surface area (Å²) < 4.78 is 36.7. The maximum atomic E-state index is 13.0. The van der Waals surface area contributed by atoms with E-state index in [1.807, 2.05) is 5.48 Å². The smallest absolute Gasteiger partial charge is 0.316 e. The lowest BCUT2D eigenvalue weighted by Crippen LogP contribution is -2.23. The maximum Gasteiger partial charge on any atom is 0.354 e. The quantitative estimate of drug-likeness (QED) is 0.591. The van der Waals surface area contributed by atoms with Crippen molar-refractivity contribution in [3.8, 4) is 0 Å². The predicted octanol–water partition coefficient (Wildman–Crippen LogP) is 3.85. The van der Waals surface area contributed by atoms with Crippen molar-refractivity contribution >= 4 is 7.60 Å². The van der Waals surface area contributed by atoms with Gasteiger partial charge in [-0.15, -0.1) is 0 Å². The van der Waals surface area contributed by atoms with Crippen LogP contribution < -0.4 is 5.48 Å². The first kappa shape index (κ1) is 17.3. The van der Waals surface area contributed by atoms with E-state index < -0.39 is 19.2 Å². The Hall–Kier alpha value is -0.780. The van der Waals surface area contributed by atoms with E-state index in [2.05, 4.69) is 0 Å². The highest BCUT2D eigenvalue weighted by Gasteiger charge is 2.39. The lowest BCUT2D eigenvalue weighted by Gasteiger charge is -2.29. The lowest BCUT2D eigenvalue weighted by molar-refractivity contribution is 0.0979. The first-order valence-corrected chi connectivity index (χ1v) is 8.01. The summed E-state index contributed by atoms with van der Waals surface area (Å²) in [5.41, 5.74) is 2.37. The van der Waals surface area contributed by atoms with Crippen LogP contribution in [0.15, 0.2) is 24.3 Å². The molecule has 0 radical (unpaired) electrons. The highest BCUT2D eigenvalue weighted by molar-refractivity contribution is 7.54. The Bertz CT molecular complexity index is 450. The molecule has 0 saturated carbocycles. The van der Waals surface area contributed by atoms with E-state index in [0.717, 1.165) is 0 Å². The Kier molecular flexibility index (Phi) is 6.30. The molecular formula is C13H21FNO4P. The standard InChI is InChI=1S/C13H21FNO4P/c1-9(2)18-20(17,19-10(3)4)13(15-16)11-5-7-12(14)8-6-11/h5-10,13,15-16H,1-4H3. The van der Waals surface area contributed by atoms with Crippen molar-refractivity contribution in [2.45, 2.75) is 45.7 Å². The first-order valence-electron chi connectivity index (χ1n) is 6.40.